The van der Waals surface area contributed by atoms with Crippen LogP contribution in [-0.2, 0) is 0 Å². The van der Waals surface area contributed by atoms with Gasteiger partial charge in [-0.05, 0) is 13.0 Å². The molecule has 0 saturated heterocycles. The van der Waals surface area contributed by atoms with E-state index < -0.39 is 0 Å². The topological polar surface area (TPSA) is 20.2 Å². The predicted molar refractivity (Wildman–Crippen MR) is 35.7 cm³/mol. The molecule has 0 aliphatic rings. The minimum Gasteiger partial charge on any atom is -0.516 e. The van der Waals surface area contributed by atoms with E-state index in [2.05, 4.69) is 6.58 Å². The molecule has 0 aromatic carbocycles. The van der Waals surface area contributed by atoms with Gasteiger partial charge in [0.1, 0.15) is 0 Å². The van der Waals surface area contributed by atoms with Crippen LogP contribution < -0.4 is 0 Å². The van der Waals surface area contributed by atoms with E-state index in [4.69, 9.17) is 5.11 Å². The molecule has 0 atom stereocenters. The molecule has 0 aromatic heterocycles. The quantitative estimate of drug-likeness (QED) is 0.426. The van der Waals surface area contributed by atoms with Gasteiger partial charge in [0, 0.05) is 0 Å². The van der Waals surface area contributed by atoms with Gasteiger partial charge in [-0.3, -0.25) is 0 Å². The average molecular weight is 110 g/mol. The summed E-state index contributed by atoms with van der Waals surface area (Å²) in [5, 5.41) is 8.12. The second-order valence-corrected chi connectivity index (χ2v) is 1.55. The summed E-state index contributed by atoms with van der Waals surface area (Å²) in [5.41, 5.74) is 0.975. The van der Waals surface area contributed by atoms with Gasteiger partial charge >= 0.3 is 0 Å². The van der Waals surface area contributed by atoms with Crippen LogP contribution in [0, 0.1) is 0 Å². The van der Waals surface area contributed by atoms with E-state index >= 15 is 0 Å². The molecule has 0 aliphatic carbocycles. The summed E-state index contributed by atoms with van der Waals surface area (Å²) in [6.07, 6.45) is 6.06. The third kappa shape index (κ3) is 5.02. The van der Waals surface area contributed by atoms with E-state index in [1.807, 2.05) is 13.0 Å². The van der Waals surface area contributed by atoms with Crippen molar-refractivity contribution >= 4 is 0 Å². The molecule has 44 valence electrons. The molecular formula is C7H10O. The van der Waals surface area contributed by atoms with Crippen LogP contribution in [0.2, 0.25) is 0 Å². The zero-order chi connectivity index (χ0) is 6.41. The van der Waals surface area contributed by atoms with Crippen LogP contribution in [0.1, 0.15) is 6.92 Å². The molecule has 0 aromatic rings. The first-order valence-electron chi connectivity index (χ1n) is 2.40. The Labute approximate surface area is 49.7 Å². The van der Waals surface area contributed by atoms with Crippen LogP contribution in [-0.4, -0.2) is 5.11 Å². The van der Waals surface area contributed by atoms with Crippen molar-refractivity contribution in [2.45, 2.75) is 6.92 Å². The van der Waals surface area contributed by atoms with E-state index in [9.17, 15) is 0 Å². The highest BCUT2D eigenvalue weighted by atomic mass is 16.2. The van der Waals surface area contributed by atoms with Crippen LogP contribution in [0.15, 0.2) is 36.6 Å². The maximum absolute atomic E-state index is 8.12. The lowest BCUT2D eigenvalue weighted by Crippen LogP contribution is -1.57. The lowest BCUT2D eigenvalue weighted by atomic mass is 10.3. The standard InChI is InChI=1S/C7H10O/c1-7(2)5-3-4-6-8/h3-6,8H,1H2,2H3. The highest BCUT2D eigenvalue weighted by Gasteiger charge is 1.67. The number of hydrogen-bond acceptors (Lipinski definition) is 1. The summed E-state index contributed by atoms with van der Waals surface area (Å²) in [6.45, 7) is 5.52. The number of aliphatic hydroxyl groups excluding tert-OH is 1. The zero-order valence-electron chi connectivity index (χ0n) is 4.96. The van der Waals surface area contributed by atoms with E-state index in [1.165, 1.54) is 6.08 Å². The number of allylic oxidation sites excluding steroid dienone is 4. The van der Waals surface area contributed by atoms with Gasteiger partial charge in [0.25, 0.3) is 0 Å². The van der Waals surface area contributed by atoms with Gasteiger partial charge in [-0.25, -0.2) is 0 Å². The molecule has 0 radical (unpaired) electrons. The minimum atomic E-state index is 0.975. The Balaban J connectivity index is 3.50. The van der Waals surface area contributed by atoms with Crippen molar-refractivity contribution in [3.8, 4) is 0 Å². The Hall–Kier alpha value is -0.980. The van der Waals surface area contributed by atoms with E-state index in [0.29, 0.717) is 0 Å². The molecule has 8 heavy (non-hydrogen) atoms. The van der Waals surface area contributed by atoms with Gasteiger partial charge in [-0.1, -0.05) is 24.3 Å². The maximum atomic E-state index is 8.12. The lowest BCUT2D eigenvalue weighted by Gasteiger charge is -1.78. The zero-order valence-corrected chi connectivity index (χ0v) is 4.96. The van der Waals surface area contributed by atoms with Crippen molar-refractivity contribution in [3.05, 3.63) is 36.6 Å². The Morgan fingerprint density at radius 1 is 1.50 bits per heavy atom. The summed E-state index contributed by atoms with van der Waals surface area (Å²) in [7, 11) is 0. The Morgan fingerprint density at radius 2 is 2.12 bits per heavy atom. The molecule has 0 spiro atoms. The van der Waals surface area contributed by atoms with Gasteiger partial charge in [0.05, 0.1) is 6.26 Å². The van der Waals surface area contributed by atoms with Crippen molar-refractivity contribution in [1.82, 2.24) is 0 Å². The SMILES string of the molecule is C=C(C)C=CC=CO. The Bertz CT molecular complexity index is 120. The maximum Gasteiger partial charge on any atom is 0.0791 e. The largest absolute Gasteiger partial charge is 0.516 e. The first kappa shape index (κ1) is 7.02. The predicted octanol–water partition coefficient (Wildman–Crippen LogP) is 2.19. The van der Waals surface area contributed by atoms with Crippen LogP contribution >= 0.6 is 0 Å². The van der Waals surface area contributed by atoms with Crippen LogP contribution in [0.25, 0.3) is 0 Å². The fourth-order valence-electron chi connectivity index (χ4n) is 0.270. The van der Waals surface area contributed by atoms with Crippen LogP contribution in [0.4, 0.5) is 0 Å². The molecular weight excluding hydrogens is 100 g/mol. The molecule has 0 bridgehead atoms. The molecule has 1 heteroatoms. The average Bonchev–Trinajstić information content (AvgIpc) is 1.66. The fourth-order valence-corrected chi connectivity index (χ4v) is 0.270. The van der Waals surface area contributed by atoms with Gasteiger partial charge in [-0.2, -0.15) is 0 Å². The molecule has 0 aliphatic heterocycles. The lowest BCUT2D eigenvalue weighted by molar-refractivity contribution is 0.474. The highest BCUT2D eigenvalue weighted by molar-refractivity contribution is 5.15. The minimum absolute atomic E-state index is 0.975. The number of rotatable bonds is 2. The smallest absolute Gasteiger partial charge is 0.0791 e. The summed E-state index contributed by atoms with van der Waals surface area (Å²) >= 11 is 0. The van der Waals surface area contributed by atoms with Crippen molar-refractivity contribution < 1.29 is 5.11 Å². The molecule has 1 nitrogen and oxygen atoms in total. The molecule has 0 saturated carbocycles. The third-order valence-corrected chi connectivity index (χ3v) is 0.578. The first-order chi connectivity index (χ1) is 3.77. The summed E-state index contributed by atoms with van der Waals surface area (Å²) in [4.78, 5) is 0. The Kier molecular flexibility index (Phi) is 3.67. The first-order valence-corrected chi connectivity index (χ1v) is 2.40. The summed E-state index contributed by atoms with van der Waals surface area (Å²) in [6, 6.07) is 0. The van der Waals surface area contributed by atoms with Gasteiger partial charge < -0.3 is 5.11 Å². The summed E-state index contributed by atoms with van der Waals surface area (Å²) in [5.74, 6) is 0. The number of hydrogen-bond donors (Lipinski definition) is 1. The van der Waals surface area contributed by atoms with Crippen LogP contribution in [0.3, 0.4) is 0 Å². The second-order valence-electron chi connectivity index (χ2n) is 1.55. The van der Waals surface area contributed by atoms with Gasteiger partial charge in [0.2, 0.25) is 0 Å². The molecule has 0 unspecified atom stereocenters. The van der Waals surface area contributed by atoms with Crippen LogP contribution in [0.5, 0.6) is 0 Å². The van der Waals surface area contributed by atoms with Crippen molar-refractivity contribution in [2.75, 3.05) is 0 Å². The number of aliphatic hydroxyl groups is 1. The monoisotopic (exact) mass is 110 g/mol. The van der Waals surface area contributed by atoms with E-state index in [1.54, 1.807) is 6.08 Å². The molecule has 0 amide bonds. The molecule has 0 fully saturated rings. The summed E-state index contributed by atoms with van der Waals surface area (Å²) < 4.78 is 0. The fraction of sp³-hybridized carbons (Fsp3) is 0.143. The van der Waals surface area contributed by atoms with Gasteiger partial charge in [0.15, 0.2) is 0 Å². The van der Waals surface area contributed by atoms with E-state index in [-0.39, 0.29) is 0 Å². The van der Waals surface area contributed by atoms with Crippen molar-refractivity contribution in [1.29, 1.82) is 0 Å². The molecule has 0 heterocycles. The normalized spacial score (nSPS) is 11.1. The Morgan fingerprint density at radius 3 is 2.50 bits per heavy atom. The second kappa shape index (κ2) is 4.19. The van der Waals surface area contributed by atoms with Gasteiger partial charge in [-0.15, -0.1) is 0 Å². The highest BCUT2D eigenvalue weighted by Crippen LogP contribution is 1.87. The van der Waals surface area contributed by atoms with Crippen molar-refractivity contribution in [3.63, 3.8) is 0 Å². The van der Waals surface area contributed by atoms with Crippen molar-refractivity contribution in [2.24, 2.45) is 0 Å². The third-order valence-electron chi connectivity index (χ3n) is 0.578. The molecule has 0 rings (SSSR count). The molecule has 1 N–H and O–H groups in total. The van der Waals surface area contributed by atoms with E-state index in [0.717, 1.165) is 11.8 Å².